The summed E-state index contributed by atoms with van der Waals surface area (Å²) in [5, 5.41) is 0. The Labute approximate surface area is 129 Å². The van der Waals surface area contributed by atoms with Crippen LogP contribution in [0.25, 0.3) is 0 Å². The molecule has 0 aliphatic rings. The highest BCUT2D eigenvalue weighted by Crippen LogP contribution is 2.17. The number of nitrogens with zero attached hydrogens (tertiary/aromatic N) is 1. The predicted molar refractivity (Wildman–Crippen MR) is 87.6 cm³/mol. The molecule has 1 rings (SSSR count). The lowest BCUT2D eigenvalue weighted by Gasteiger charge is -2.10. The Morgan fingerprint density at radius 2 is 1.52 bits per heavy atom. The van der Waals surface area contributed by atoms with Crippen molar-refractivity contribution >= 4 is 0 Å². The van der Waals surface area contributed by atoms with E-state index in [4.69, 9.17) is 5.73 Å². The summed E-state index contributed by atoms with van der Waals surface area (Å²) in [6, 6.07) is 3.07. The standard InChI is InChI=1S/C18H31FN2/c1-2-3-4-5-6-7-8-9-10-11-12-17(20)18-14-13-16(19)15-21-18/h13-15,17H,2-12,20H2,1H3. The van der Waals surface area contributed by atoms with Crippen LogP contribution in [0.3, 0.4) is 0 Å². The molecule has 0 aliphatic heterocycles. The van der Waals surface area contributed by atoms with Gasteiger partial charge in [-0.3, -0.25) is 4.98 Å². The van der Waals surface area contributed by atoms with Gasteiger partial charge in [0.1, 0.15) is 5.82 Å². The zero-order valence-electron chi connectivity index (χ0n) is 13.5. The molecule has 1 atom stereocenters. The van der Waals surface area contributed by atoms with Crippen molar-refractivity contribution in [3.05, 3.63) is 29.8 Å². The molecule has 0 aliphatic carbocycles. The van der Waals surface area contributed by atoms with Crippen LogP contribution in [-0.4, -0.2) is 4.98 Å². The van der Waals surface area contributed by atoms with Gasteiger partial charge < -0.3 is 5.73 Å². The lowest BCUT2D eigenvalue weighted by Crippen LogP contribution is -2.11. The Hall–Kier alpha value is -0.960. The van der Waals surface area contributed by atoms with Crippen molar-refractivity contribution in [3.8, 4) is 0 Å². The van der Waals surface area contributed by atoms with Crippen LogP contribution in [0.1, 0.15) is 89.3 Å². The first-order valence-corrected chi connectivity index (χ1v) is 8.61. The number of rotatable bonds is 12. The summed E-state index contributed by atoms with van der Waals surface area (Å²) < 4.78 is 12.8. The van der Waals surface area contributed by atoms with Crippen LogP contribution in [0.4, 0.5) is 4.39 Å². The summed E-state index contributed by atoms with van der Waals surface area (Å²) in [6.45, 7) is 2.26. The van der Waals surface area contributed by atoms with Crippen LogP contribution in [0, 0.1) is 5.82 Å². The number of unbranched alkanes of at least 4 members (excludes halogenated alkanes) is 9. The van der Waals surface area contributed by atoms with E-state index in [-0.39, 0.29) is 11.9 Å². The summed E-state index contributed by atoms with van der Waals surface area (Å²) in [5.41, 5.74) is 6.87. The second-order valence-electron chi connectivity index (χ2n) is 5.98. The van der Waals surface area contributed by atoms with Crippen molar-refractivity contribution in [2.24, 2.45) is 5.73 Å². The minimum atomic E-state index is -0.301. The molecule has 1 aromatic rings. The first-order valence-electron chi connectivity index (χ1n) is 8.61. The van der Waals surface area contributed by atoms with Crippen LogP contribution in [0.15, 0.2) is 18.3 Å². The molecule has 0 saturated carbocycles. The Bertz CT molecular complexity index is 351. The van der Waals surface area contributed by atoms with Gasteiger partial charge in [0.15, 0.2) is 0 Å². The zero-order valence-corrected chi connectivity index (χ0v) is 13.5. The number of hydrogen-bond acceptors (Lipinski definition) is 2. The second-order valence-corrected chi connectivity index (χ2v) is 5.98. The summed E-state index contributed by atoms with van der Waals surface area (Å²) in [4.78, 5) is 4.04. The van der Waals surface area contributed by atoms with Gasteiger partial charge in [-0.1, -0.05) is 71.1 Å². The van der Waals surface area contributed by atoms with Crippen LogP contribution in [0.5, 0.6) is 0 Å². The highest BCUT2D eigenvalue weighted by Gasteiger charge is 2.07. The number of nitrogens with two attached hydrogens (primary N) is 1. The Morgan fingerprint density at radius 1 is 0.952 bits per heavy atom. The van der Waals surface area contributed by atoms with E-state index in [9.17, 15) is 4.39 Å². The topological polar surface area (TPSA) is 38.9 Å². The van der Waals surface area contributed by atoms with Gasteiger partial charge in [0.05, 0.1) is 11.9 Å². The van der Waals surface area contributed by atoms with Gasteiger partial charge >= 0.3 is 0 Å². The van der Waals surface area contributed by atoms with Crippen molar-refractivity contribution in [2.75, 3.05) is 0 Å². The average molecular weight is 294 g/mol. The minimum Gasteiger partial charge on any atom is -0.323 e. The molecule has 0 saturated heterocycles. The summed E-state index contributed by atoms with van der Waals surface area (Å²) in [7, 11) is 0. The lowest BCUT2D eigenvalue weighted by molar-refractivity contribution is 0.524. The largest absolute Gasteiger partial charge is 0.323 e. The number of pyridine rings is 1. The van der Waals surface area contributed by atoms with E-state index in [1.807, 2.05) is 0 Å². The zero-order chi connectivity index (χ0) is 15.3. The van der Waals surface area contributed by atoms with E-state index in [0.29, 0.717) is 0 Å². The Kier molecular flexibility index (Phi) is 10.1. The van der Waals surface area contributed by atoms with Gasteiger partial charge in [0.2, 0.25) is 0 Å². The SMILES string of the molecule is CCCCCCCCCCCCC(N)c1ccc(F)cn1. The molecule has 1 unspecified atom stereocenters. The maximum atomic E-state index is 12.8. The molecule has 2 nitrogen and oxygen atoms in total. The smallest absolute Gasteiger partial charge is 0.141 e. The van der Waals surface area contributed by atoms with E-state index < -0.39 is 0 Å². The Balaban J connectivity index is 1.95. The van der Waals surface area contributed by atoms with E-state index in [1.54, 1.807) is 6.07 Å². The fourth-order valence-corrected chi connectivity index (χ4v) is 2.61. The van der Waals surface area contributed by atoms with E-state index in [0.717, 1.165) is 18.5 Å². The molecule has 21 heavy (non-hydrogen) atoms. The van der Waals surface area contributed by atoms with Crippen molar-refractivity contribution in [2.45, 2.75) is 83.6 Å². The Morgan fingerprint density at radius 3 is 2.05 bits per heavy atom. The minimum absolute atomic E-state index is 0.0559. The summed E-state index contributed by atoms with van der Waals surface area (Å²) in [5.74, 6) is -0.301. The molecule has 0 radical (unpaired) electrons. The third-order valence-electron chi connectivity index (χ3n) is 4.00. The normalized spacial score (nSPS) is 12.5. The number of halogens is 1. The van der Waals surface area contributed by atoms with Crippen LogP contribution < -0.4 is 5.73 Å². The highest BCUT2D eigenvalue weighted by atomic mass is 19.1. The van der Waals surface area contributed by atoms with Crippen molar-refractivity contribution in [1.82, 2.24) is 4.98 Å². The molecule has 0 bridgehead atoms. The molecule has 120 valence electrons. The van der Waals surface area contributed by atoms with Crippen molar-refractivity contribution in [1.29, 1.82) is 0 Å². The first kappa shape index (κ1) is 18.1. The van der Waals surface area contributed by atoms with Gasteiger partial charge in [-0.05, 0) is 18.6 Å². The summed E-state index contributed by atoms with van der Waals surface area (Å²) in [6.07, 6.45) is 15.5. The molecule has 1 heterocycles. The maximum absolute atomic E-state index is 12.8. The van der Waals surface area contributed by atoms with Gasteiger partial charge in [-0.2, -0.15) is 0 Å². The molecular weight excluding hydrogens is 263 g/mol. The molecule has 1 aromatic heterocycles. The van der Waals surface area contributed by atoms with Crippen molar-refractivity contribution < 1.29 is 4.39 Å². The molecule has 3 heteroatoms. The van der Waals surface area contributed by atoms with Gasteiger partial charge in [0.25, 0.3) is 0 Å². The van der Waals surface area contributed by atoms with Crippen LogP contribution in [-0.2, 0) is 0 Å². The first-order chi connectivity index (χ1) is 10.2. The fourth-order valence-electron chi connectivity index (χ4n) is 2.61. The number of hydrogen-bond donors (Lipinski definition) is 1. The molecular formula is C18H31FN2. The molecule has 0 fully saturated rings. The predicted octanol–water partition coefficient (Wildman–Crippen LogP) is 5.53. The quantitative estimate of drug-likeness (QED) is 0.515. The molecule has 2 N–H and O–H groups in total. The highest BCUT2D eigenvalue weighted by molar-refractivity contribution is 5.09. The monoisotopic (exact) mass is 294 g/mol. The average Bonchev–Trinajstić information content (AvgIpc) is 2.49. The molecule has 0 aromatic carbocycles. The maximum Gasteiger partial charge on any atom is 0.141 e. The van der Waals surface area contributed by atoms with Crippen LogP contribution in [0.2, 0.25) is 0 Å². The van der Waals surface area contributed by atoms with Gasteiger partial charge in [-0.25, -0.2) is 4.39 Å². The van der Waals surface area contributed by atoms with Gasteiger partial charge in [-0.15, -0.1) is 0 Å². The van der Waals surface area contributed by atoms with Crippen molar-refractivity contribution in [3.63, 3.8) is 0 Å². The van der Waals surface area contributed by atoms with E-state index in [2.05, 4.69) is 11.9 Å². The molecule has 0 spiro atoms. The van der Waals surface area contributed by atoms with E-state index in [1.165, 1.54) is 70.1 Å². The number of aromatic nitrogens is 1. The van der Waals surface area contributed by atoms with Gasteiger partial charge in [0, 0.05) is 6.04 Å². The van der Waals surface area contributed by atoms with Crippen LogP contribution >= 0.6 is 0 Å². The fraction of sp³-hybridized carbons (Fsp3) is 0.722. The third-order valence-corrected chi connectivity index (χ3v) is 4.00. The third kappa shape index (κ3) is 8.82. The van der Waals surface area contributed by atoms with E-state index >= 15 is 0 Å². The lowest BCUT2D eigenvalue weighted by atomic mass is 10.0. The summed E-state index contributed by atoms with van der Waals surface area (Å²) >= 11 is 0. The molecule has 0 amide bonds. The second kappa shape index (κ2) is 11.7.